The number of aromatic nitrogens is 5. The van der Waals surface area contributed by atoms with E-state index in [9.17, 15) is 19.2 Å². The quantitative estimate of drug-likeness (QED) is 0.226. The van der Waals surface area contributed by atoms with Crippen LogP contribution in [0, 0.1) is 6.92 Å². The summed E-state index contributed by atoms with van der Waals surface area (Å²) in [5.74, 6) is -2.86. The average molecular weight is 528 g/mol. The number of carboxylic acids is 1. The van der Waals surface area contributed by atoms with Gasteiger partial charge in [-0.15, -0.1) is 5.10 Å². The number of rotatable bonds is 8. The molecule has 3 aromatic heterocycles. The van der Waals surface area contributed by atoms with Crippen LogP contribution in [0.3, 0.4) is 0 Å². The number of nitrogens with zero attached hydrogens (tertiary/aromatic N) is 5. The number of oxazole rings is 1. The summed E-state index contributed by atoms with van der Waals surface area (Å²) in [5.41, 5.74) is 7.71. The van der Waals surface area contributed by atoms with Gasteiger partial charge in [0.1, 0.15) is 22.9 Å². The topological polar surface area (TPSA) is 208 Å². The van der Waals surface area contributed by atoms with E-state index in [1.165, 1.54) is 41.0 Å². The highest BCUT2D eigenvalue weighted by Gasteiger charge is 2.24. The van der Waals surface area contributed by atoms with E-state index >= 15 is 0 Å². The number of aryl methyl sites for hydroxylation is 1. The molecule has 0 saturated carbocycles. The molecule has 5 aromatic rings. The number of nitrogens with one attached hydrogen (secondary N) is 2. The number of amides is 3. The van der Waals surface area contributed by atoms with Gasteiger partial charge in [0.15, 0.2) is 17.1 Å². The van der Waals surface area contributed by atoms with Crippen LogP contribution in [0.15, 0.2) is 59.1 Å². The number of carboxylic acid groups (broad SMARTS) is 1. The number of nitrogens with two attached hydrogens (primary N) is 1. The molecular weight excluding hydrogens is 508 g/mol. The Bertz CT molecular complexity index is 1760. The van der Waals surface area contributed by atoms with Crippen molar-refractivity contribution in [2.24, 2.45) is 5.73 Å². The maximum atomic E-state index is 13.1. The van der Waals surface area contributed by atoms with Gasteiger partial charge >= 0.3 is 5.97 Å². The second kappa shape index (κ2) is 10.0. The van der Waals surface area contributed by atoms with Crippen LogP contribution >= 0.6 is 0 Å². The fourth-order valence-corrected chi connectivity index (χ4v) is 3.91. The molecule has 0 aliphatic carbocycles. The summed E-state index contributed by atoms with van der Waals surface area (Å²) < 4.78 is 6.64. The highest BCUT2D eigenvalue weighted by molar-refractivity contribution is 6.00. The van der Waals surface area contributed by atoms with Gasteiger partial charge in [0.25, 0.3) is 11.8 Å². The van der Waals surface area contributed by atoms with Crippen molar-refractivity contribution >= 4 is 40.4 Å². The standard InChI is InChI=1S/C25H20N8O6/c1-12-29-16-8-13(2-7-19(16)39-12)10-27-24(36)18-9-17(30-20-11-28-32-33(18)20)23(35)31-21(22(26)34)14-3-5-15(6-4-14)25(37)38/h2-9,11,21H,10H2,1H3,(H2,26,34)(H,27,36)(H,31,35)(H,37,38)/t21-/m1/s1. The minimum absolute atomic E-state index is 0.000338. The van der Waals surface area contributed by atoms with Crippen molar-refractivity contribution in [3.8, 4) is 0 Å². The third-order valence-electron chi connectivity index (χ3n) is 5.80. The van der Waals surface area contributed by atoms with Crippen LogP contribution in [-0.4, -0.2) is 53.6 Å². The molecule has 0 aliphatic rings. The molecule has 3 amide bonds. The van der Waals surface area contributed by atoms with Crippen molar-refractivity contribution < 1.29 is 28.7 Å². The molecule has 5 N–H and O–H groups in total. The second-order valence-corrected chi connectivity index (χ2v) is 8.48. The highest BCUT2D eigenvalue weighted by Crippen LogP contribution is 2.18. The Morgan fingerprint density at radius 1 is 1.05 bits per heavy atom. The second-order valence-electron chi connectivity index (χ2n) is 8.48. The monoisotopic (exact) mass is 528 g/mol. The van der Waals surface area contributed by atoms with Gasteiger partial charge < -0.3 is 25.9 Å². The number of primary amides is 1. The molecule has 3 heterocycles. The van der Waals surface area contributed by atoms with Gasteiger partial charge in [-0.2, -0.15) is 4.52 Å². The minimum Gasteiger partial charge on any atom is -0.478 e. The first-order valence-corrected chi connectivity index (χ1v) is 11.5. The van der Waals surface area contributed by atoms with Gasteiger partial charge in [-0.05, 0) is 35.4 Å². The summed E-state index contributed by atoms with van der Waals surface area (Å²) in [6, 6.07) is 10.6. The molecule has 0 spiro atoms. The summed E-state index contributed by atoms with van der Waals surface area (Å²) in [4.78, 5) is 57.8. The van der Waals surface area contributed by atoms with Gasteiger partial charge in [0.05, 0.1) is 11.8 Å². The van der Waals surface area contributed by atoms with E-state index in [0.29, 0.717) is 17.0 Å². The highest BCUT2D eigenvalue weighted by atomic mass is 16.4. The number of carbonyl (C=O) groups is 4. The van der Waals surface area contributed by atoms with Crippen LogP contribution in [0.5, 0.6) is 0 Å². The smallest absolute Gasteiger partial charge is 0.335 e. The zero-order valence-corrected chi connectivity index (χ0v) is 20.3. The first kappa shape index (κ1) is 25.0. The van der Waals surface area contributed by atoms with Crippen LogP contribution in [0.1, 0.15) is 54.4 Å². The predicted octanol–water partition coefficient (Wildman–Crippen LogP) is 1.16. The molecule has 14 heteroatoms. The largest absolute Gasteiger partial charge is 0.478 e. The Balaban J connectivity index is 1.37. The Morgan fingerprint density at radius 2 is 1.82 bits per heavy atom. The molecule has 5 rings (SSSR count). The minimum atomic E-state index is -1.28. The van der Waals surface area contributed by atoms with Crippen LogP contribution in [-0.2, 0) is 11.3 Å². The molecule has 2 aromatic carbocycles. The van der Waals surface area contributed by atoms with Gasteiger partial charge in [-0.1, -0.05) is 23.4 Å². The van der Waals surface area contributed by atoms with Gasteiger partial charge in [0, 0.05) is 19.5 Å². The van der Waals surface area contributed by atoms with Crippen LogP contribution in [0.4, 0.5) is 0 Å². The zero-order chi connectivity index (χ0) is 27.7. The normalized spacial score (nSPS) is 11.8. The summed E-state index contributed by atoms with van der Waals surface area (Å²) in [6.07, 6.45) is 1.27. The van der Waals surface area contributed by atoms with Gasteiger partial charge in [0.2, 0.25) is 5.91 Å². The van der Waals surface area contributed by atoms with Gasteiger partial charge in [-0.25, -0.2) is 14.8 Å². The van der Waals surface area contributed by atoms with E-state index < -0.39 is 29.7 Å². The molecule has 0 radical (unpaired) electrons. The van der Waals surface area contributed by atoms with Crippen LogP contribution in [0.2, 0.25) is 0 Å². The van der Waals surface area contributed by atoms with Crippen LogP contribution in [0.25, 0.3) is 16.7 Å². The lowest BCUT2D eigenvalue weighted by Crippen LogP contribution is -2.38. The molecule has 14 nitrogen and oxygen atoms in total. The predicted molar refractivity (Wildman–Crippen MR) is 134 cm³/mol. The van der Waals surface area contributed by atoms with E-state index in [2.05, 4.69) is 30.9 Å². The number of hydrogen-bond donors (Lipinski definition) is 4. The van der Waals surface area contributed by atoms with Crippen molar-refractivity contribution in [1.82, 2.24) is 35.4 Å². The lowest BCUT2D eigenvalue weighted by molar-refractivity contribution is -0.120. The molecule has 196 valence electrons. The summed E-state index contributed by atoms with van der Waals surface area (Å²) in [7, 11) is 0. The number of hydrogen-bond acceptors (Lipinski definition) is 9. The molecule has 1 atom stereocenters. The maximum Gasteiger partial charge on any atom is 0.335 e. The lowest BCUT2D eigenvalue weighted by Gasteiger charge is -2.16. The summed E-state index contributed by atoms with van der Waals surface area (Å²) in [6.45, 7) is 1.89. The lowest BCUT2D eigenvalue weighted by atomic mass is 10.0. The fourth-order valence-electron chi connectivity index (χ4n) is 3.91. The van der Waals surface area contributed by atoms with Crippen LogP contribution < -0.4 is 16.4 Å². The van der Waals surface area contributed by atoms with Crippen molar-refractivity contribution in [3.05, 3.63) is 88.7 Å². The first-order chi connectivity index (χ1) is 18.7. The van der Waals surface area contributed by atoms with Crippen molar-refractivity contribution in [1.29, 1.82) is 0 Å². The molecule has 0 bridgehead atoms. The number of fused-ring (bicyclic) bond motifs is 2. The van der Waals surface area contributed by atoms with E-state index in [1.54, 1.807) is 25.1 Å². The van der Waals surface area contributed by atoms with E-state index in [-0.39, 0.29) is 34.7 Å². The molecule has 0 aliphatic heterocycles. The first-order valence-electron chi connectivity index (χ1n) is 11.5. The maximum absolute atomic E-state index is 13.1. The van der Waals surface area contributed by atoms with Gasteiger partial charge in [-0.3, -0.25) is 14.4 Å². The molecule has 0 fully saturated rings. The summed E-state index contributed by atoms with van der Waals surface area (Å²) in [5, 5.41) is 21.9. The average Bonchev–Trinajstić information content (AvgIpc) is 3.54. The number of benzene rings is 2. The molecule has 0 unspecified atom stereocenters. The van der Waals surface area contributed by atoms with Crippen molar-refractivity contribution in [2.75, 3.05) is 0 Å². The van der Waals surface area contributed by atoms with E-state index in [0.717, 1.165) is 5.56 Å². The SMILES string of the molecule is Cc1nc2cc(CNC(=O)c3cc(C(=O)N[C@@H](C(N)=O)c4ccc(C(=O)O)cc4)nc4cnnn34)ccc2o1. The molecule has 39 heavy (non-hydrogen) atoms. The summed E-state index contributed by atoms with van der Waals surface area (Å²) >= 11 is 0. The third-order valence-corrected chi connectivity index (χ3v) is 5.80. The van der Waals surface area contributed by atoms with Crippen molar-refractivity contribution in [2.45, 2.75) is 19.5 Å². The molecule has 0 saturated heterocycles. The Morgan fingerprint density at radius 3 is 2.54 bits per heavy atom. The van der Waals surface area contributed by atoms with E-state index in [4.69, 9.17) is 15.3 Å². The Hall–Kier alpha value is -5.66. The van der Waals surface area contributed by atoms with E-state index in [1.807, 2.05) is 0 Å². The molecular formula is C25H20N8O6. The Kier molecular flexibility index (Phi) is 6.42. The number of aromatic carboxylic acids is 1. The third kappa shape index (κ3) is 5.11. The Labute approximate surface area is 218 Å². The van der Waals surface area contributed by atoms with Crippen molar-refractivity contribution in [3.63, 3.8) is 0 Å². The zero-order valence-electron chi connectivity index (χ0n) is 20.3. The number of carbonyl (C=O) groups excluding carboxylic acids is 3. The fraction of sp³-hybridized carbons (Fsp3) is 0.120.